The number of allylic oxidation sites excluding steroid dienone is 8. The minimum absolute atomic E-state index is 0.355. The predicted molar refractivity (Wildman–Crippen MR) is 134 cm³/mol. The van der Waals surface area contributed by atoms with Gasteiger partial charge in [0.15, 0.2) is 0 Å². The summed E-state index contributed by atoms with van der Waals surface area (Å²) in [6, 6.07) is 6.73. The number of hydrogen-bond acceptors (Lipinski definition) is 2. The van der Waals surface area contributed by atoms with E-state index in [0.717, 1.165) is 42.9 Å². The van der Waals surface area contributed by atoms with Crippen molar-refractivity contribution in [2.45, 2.75) is 47.1 Å². The van der Waals surface area contributed by atoms with Gasteiger partial charge in [-0.05, 0) is 105 Å². The van der Waals surface area contributed by atoms with Crippen molar-refractivity contribution in [3.63, 3.8) is 0 Å². The molecule has 0 radical (unpaired) electrons. The standard InChI is InChI=1S/C29H36N2/c1-8-10-20(3)28-16-24(9-2)22(5)29(18-28)15-21(4)30-23(6)25-11-12-27-19-31(7)14-13-26(27)17-25/h8-9,11-12,15,17-18,28,30H,2,6,13-14,16,19H2,1,3-5,7H3/b21-15+. The zero-order valence-corrected chi connectivity index (χ0v) is 19.8. The van der Waals surface area contributed by atoms with E-state index in [9.17, 15) is 0 Å². The minimum atomic E-state index is 0.355. The van der Waals surface area contributed by atoms with E-state index in [1.54, 1.807) is 0 Å². The smallest absolute Gasteiger partial charge is 0.0382 e. The average Bonchev–Trinajstić information content (AvgIpc) is 2.74. The summed E-state index contributed by atoms with van der Waals surface area (Å²) in [6.07, 6.45) is 10.7. The molecule has 1 heterocycles. The van der Waals surface area contributed by atoms with Crippen LogP contribution in [0.2, 0.25) is 0 Å². The Hall–Kier alpha value is -2.80. The largest absolute Gasteiger partial charge is 0.359 e. The van der Waals surface area contributed by atoms with Gasteiger partial charge in [-0.25, -0.2) is 0 Å². The molecule has 1 unspecified atom stereocenters. The molecule has 0 fully saturated rings. The van der Waals surface area contributed by atoms with Crippen LogP contribution in [0.3, 0.4) is 0 Å². The highest BCUT2D eigenvalue weighted by molar-refractivity contribution is 5.65. The molecule has 1 aliphatic heterocycles. The van der Waals surface area contributed by atoms with Gasteiger partial charge in [-0.3, -0.25) is 0 Å². The van der Waals surface area contributed by atoms with E-state index in [0.29, 0.717) is 5.92 Å². The topological polar surface area (TPSA) is 15.3 Å². The minimum Gasteiger partial charge on any atom is -0.359 e. The van der Waals surface area contributed by atoms with Crippen molar-refractivity contribution in [1.82, 2.24) is 10.2 Å². The Kier molecular flexibility index (Phi) is 7.38. The van der Waals surface area contributed by atoms with Gasteiger partial charge in [-0.15, -0.1) is 5.73 Å². The van der Waals surface area contributed by atoms with Gasteiger partial charge in [0.25, 0.3) is 0 Å². The van der Waals surface area contributed by atoms with E-state index < -0.39 is 0 Å². The third-order valence-corrected chi connectivity index (χ3v) is 6.39. The lowest BCUT2D eigenvalue weighted by molar-refractivity contribution is 0.313. The summed E-state index contributed by atoms with van der Waals surface area (Å²) in [7, 11) is 2.18. The fourth-order valence-electron chi connectivity index (χ4n) is 4.44. The Morgan fingerprint density at radius 3 is 2.74 bits per heavy atom. The van der Waals surface area contributed by atoms with Crippen molar-refractivity contribution in [2.75, 3.05) is 13.6 Å². The molecule has 3 rings (SSSR count). The molecule has 162 valence electrons. The number of benzene rings is 1. The molecule has 0 saturated carbocycles. The maximum atomic E-state index is 4.31. The SMILES string of the molecule is C=CC1=C(C)C(/C=C(\C)NC(=C)c2ccc3c(c2)CCN(C)C3)=CC(C(C)=C=CC)C1. The zero-order chi connectivity index (χ0) is 22.5. The Morgan fingerprint density at radius 1 is 1.26 bits per heavy atom. The second-order valence-electron chi connectivity index (χ2n) is 8.81. The molecule has 0 amide bonds. The molecule has 2 nitrogen and oxygen atoms in total. The van der Waals surface area contributed by atoms with Gasteiger partial charge in [0, 0.05) is 30.4 Å². The summed E-state index contributed by atoms with van der Waals surface area (Å²) in [4.78, 5) is 2.37. The molecule has 0 saturated heterocycles. The molecule has 1 aliphatic carbocycles. The molecular formula is C29H36N2. The van der Waals surface area contributed by atoms with Crippen LogP contribution in [0.15, 0.2) is 89.4 Å². The quantitative estimate of drug-likeness (QED) is 0.522. The second kappa shape index (κ2) is 10.0. The van der Waals surface area contributed by atoms with Crippen molar-refractivity contribution < 1.29 is 0 Å². The number of nitrogens with one attached hydrogen (secondary N) is 1. The van der Waals surface area contributed by atoms with Crippen molar-refractivity contribution in [1.29, 1.82) is 0 Å². The Labute approximate surface area is 188 Å². The highest BCUT2D eigenvalue weighted by atomic mass is 15.1. The van der Waals surface area contributed by atoms with Crippen molar-refractivity contribution in [2.24, 2.45) is 5.92 Å². The van der Waals surface area contributed by atoms with Gasteiger partial charge in [0.2, 0.25) is 0 Å². The third kappa shape index (κ3) is 5.47. The summed E-state index contributed by atoms with van der Waals surface area (Å²) in [5.41, 5.74) is 14.5. The van der Waals surface area contributed by atoms with E-state index in [2.05, 4.69) is 87.3 Å². The third-order valence-electron chi connectivity index (χ3n) is 6.39. The first-order valence-corrected chi connectivity index (χ1v) is 11.2. The molecule has 0 spiro atoms. The fraction of sp³-hybridized carbons (Fsp3) is 0.345. The first-order chi connectivity index (χ1) is 14.8. The van der Waals surface area contributed by atoms with E-state index in [1.807, 2.05) is 19.1 Å². The maximum absolute atomic E-state index is 4.31. The number of likely N-dealkylation sites (N-methyl/N-ethyl adjacent to an activating group) is 1. The van der Waals surface area contributed by atoms with Crippen LogP contribution in [-0.2, 0) is 13.0 Å². The molecule has 0 aromatic heterocycles. The van der Waals surface area contributed by atoms with Crippen molar-refractivity contribution >= 4 is 5.70 Å². The normalized spacial score (nSPS) is 19.2. The maximum Gasteiger partial charge on any atom is 0.0382 e. The summed E-state index contributed by atoms with van der Waals surface area (Å²) >= 11 is 0. The van der Waals surface area contributed by atoms with Crippen LogP contribution in [0.5, 0.6) is 0 Å². The summed E-state index contributed by atoms with van der Waals surface area (Å²) < 4.78 is 0. The monoisotopic (exact) mass is 412 g/mol. The van der Waals surface area contributed by atoms with Crippen LogP contribution in [0.1, 0.15) is 50.8 Å². The van der Waals surface area contributed by atoms with Gasteiger partial charge >= 0.3 is 0 Å². The first kappa shape index (κ1) is 22.9. The lowest BCUT2D eigenvalue weighted by Crippen LogP contribution is -2.26. The highest BCUT2D eigenvalue weighted by Gasteiger charge is 2.19. The average molecular weight is 413 g/mol. The molecule has 2 heteroatoms. The van der Waals surface area contributed by atoms with Gasteiger partial charge in [0.05, 0.1) is 0 Å². The molecule has 1 N–H and O–H groups in total. The predicted octanol–water partition coefficient (Wildman–Crippen LogP) is 6.71. The number of fused-ring (bicyclic) bond motifs is 1. The zero-order valence-electron chi connectivity index (χ0n) is 19.8. The van der Waals surface area contributed by atoms with E-state index in [1.165, 1.54) is 33.4 Å². The Balaban J connectivity index is 1.81. The van der Waals surface area contributed by atoms with Gasteiger partial charge in [-0.1, -0.05) is 37.4 Å². The number of rotatable bonds is 6. The Bertz CT molecular complexity index is 1040. The lowest BCUT2D eigenvalue weighted by Gasteiger charge is -2.25. The van der Waals surface area contributed by atoms with Crippen LogP contribution in [0, 0.1) is 5.92 Å². The molecule has 1 aromatic carbocycles. The summed E-state index contributed by atoms with van der Waals surface area (Å²) in [5, 5.41) is 3.52. The highest BCUT2D eigenvalue weighted by Crippen LogP contribution is 2.34. The van der Waals surface area contributed by atoms with Crippen LogP contribution in [0.25, 0.3) is 5.70 Å². The van der Waals surface area contributed by atoms with Gasteiger partial charge in [-0.2, -0.15) is 0 Å². The molecule has 1 atom stereocenters. The molecule has 2 aliphatic rings. The van der Waals surface area contributed by atoms with Gasteiger partial charge in [0.1, 0.15) is 0 Å². The molecule has 0 bridgehead atoms. The fourth-order valence-corrected chi connectivity index (χ4v) is 4.44. The first-order valence-electron chi connectivity index (χ1n) is 11.2. The van der Waals surface area contributed by atoms with Crippen molar-refractivity contribution in [3.05, 3.63) is 106 Å². The number of nitrogens with zero attached hydrogens (tertiary/aromatic N) is 1. The van der Waals surface area contributed by atoms with E-state index in [4.69, 9.17) is 0 Å². The summed E-state index contributed by atoms with van der Waals surface area (Å²) in [5.74, 6) is 0.355. The van der Waals surface area contributed by atoms with Crippen molar-refractivity contribution in [3.8, 4) is 0 Å². The molecule has 1 aromatic rings. The number of hydrogen-bond donors (Lipinski definition) is 1. The van der Waals surface area contributed by atoms with Crippen LogP contribution >= 0.6 is 0 Å². The second-order valence-corrected chi connectivity index (χ2v) is 8.81. The van der Waals surface area contributed by atoms with Gasteiger partial charge < -0.3 is 10.2 Å². The van der Waals surface area contributed by atoms with E-state index >= 15 is 0 Å². The van der Waals surface area contributed by atoms with E-state index in [-0.39, 0.29) is 0 Å². The summed E-state index contributed by atoms with van der Waals surface area (Å²) in [6.45, 7) is 19.0. The lowest BCUT2D eigenvalue weighted by atomic mass is 9.82. The molecular weight excluding hydrogens is 376 g/mol. The Morgan fingerprint density at radius 2 is 2.03 bits per heavy atom. The van der Waals surface area contributed by atoms with Crippen LogP contribution < -0.4 is 5.32 Å². The molecule has 31 heavy (non-hydrogen) atoms. The van der Waals surface area contributed by atoms with Crippen LogP contribution in [-0.4, -0.2) is 18.5 Å². The van der Waals surface area contributed by atoms with Crippen LogP contribution in [0.4, 0.5) is 0 Å².